The van der Waals surface area contributed by atoms with E-state index >= 15 is 0 Å². The number of hydrogen-bond acceptors (Lipinski definition) is 4. The van der Waals surface area contributed by atoms with Gasteiger partial charge < -0.3 is 15.0 Å². The van der Waals surface area contributed by atoms with Crippen molar-refractivity contribution in [3.8, 4) is 5.75 Å². The average Bonchev–Trinajstić information content (AvgIpc) is 2.44. The van der Waals surface area contributed by atoms with Crippen LogP contribution in [-0.4, -0.2) is 43.8 Å². The molecule has 1 aromatic carbocycles. The van der Waals surface area contributed by atoms with E-state index in [-0.39, 0.29) is 11.7 Å². The van der Waals surface area contributed by atoms with Gasteiger partial charge in [-0.25, -0.2) is 0 Å². The highest BCUT2D eigenvalue weighted by atomic mass is 16.5. The predicted molar refractivity (Wildman–Crippen MR) is 71.0 cm³/mol. The number of carbonyl (C=O) groups excluding carboxylic acids is 2. The molecule has 0 unspecified atom stereocenters. The van der Waals surface area contributed by atoms with Gasteiger partial charge in [-0.2, -0.15) is 0 Å². The van der Waals surface area contributed by atoms with Gasteiger partial charge in [0.1, 0.15) is 11.4 Å². The van der Waals surface area contributed by atoms with Gasteiger partial charge in [-0.05, 0) is 24.3 Å². The van der Waals surface area contributed by atoms with Crippen molar-refractivity contribution in [2.24, 2.45) is 0 Å². The third kappa shape index (κ3) is 2.93. The molecule has 0 aromatic heterocycles. The molecule has 1 fully saturated rings. The van der Waals surface area contributed by atoms with Crippen molar-refractivity contribution in [1.82, 2.24) is 10.2 Å². The highest BCUT2D eigenvalue weighted by Crippen LogP contribution is 2.13. The molecule has 1 aromatic rings. The van der Waals surface area contributed by atoms with Crippen molar-refractivity contribution in [3.63, 3.8) is 0 Å². The molecule has 1 aliphatic rings. The smallest absolute Gasteiger partial charge is 0.269 e. The number of rotatable bonds is 3. The summed E-state index contributed by atoms with van der Waals surface area (Å²) in [7, 11) is 3.29. The number of methoxy groups -OCH3 is 1. The van der Waals surface area contributed by atoms with Crippen molar-refractivity contribution in [2.45, 2.75) is 0 Å². The first kappa shape index (κ1) is 13.1. The van der Waals surface area contributed by atoms with Crippen LogP contribution in [0, 0.1) is 0 Å². The highest BCUT2D eigenvalue weighted by Gasteiger charge is 2.20. The lowest BCUT2D eigenvalue weighted by Gasteiger charge is -2.25. The Morgan fingerprint density at radius 1 is 1.37 bits per heavy atom. The monoisotopic (exact) mass is 260 g/mol. The number of nitrogens with zero attached hydrogens (tertiary/aromatic N) is 1. The van der Waals surface area contributed by atoms with Crippen LogP contribution in [0.3, 0.4) is 0 Å². The topological polar surface area (TPSA) is 58.6 Å². The maximum absolute atomic E-state index is 12.0. The molecule has 0 spiro atoms. The number of carbonyl (C=O) groups is 2. The molecule has 5 nitrogen and oxygen atoms in total. The van der Waals surface area contributed by atoms with Crippen LogP contribution in [0.1, 0.15) is 10.4 Å². The van der Waals surface area contributed by atoms with E-state index in [0.717, 1.165) is 0 Å². The second kappa shape index (κ2) is 5.56. The molecule has 2 rings (SSSR count). The zero-order chi connectivity index (χ0) is 13.8. The quantitative estimate of drug-likeness (QED) is 0.646. The summed E-state index contributed by atoms with van der Waals surface area (Å²) in [5.41, 5.74) is 0.866. The molecule has 1 heterocycles. The Labute approximate surface area is 111 Å². The fraction of sp³-hybridized carbons (Fsp3) is 0.286. The first-order chi connectivity index (χ1) is 9.11. The van der Waals surface area contributed by atoms with Crippen LogP contribution in [0.25, 0.3) is 0 Å². The maximum Gasteiger partial charge on any atom is 0.269 e. The third-order valence-electron chi connectivity index (χ3n) is 2.99. The second-order valence-electron chi connectivity index (χ2n) is 4.30. The fourth-order valence-electron chi connectivity index (χ4n) is 1.82. The van der Waals surface area contributed by atoms with E-state index in [1.54, 1.807) is 43.3 Å². The number of allylic oxidation sites excluding steroid dienone is 1. The number of nitrogens with one attached hydrogen (secondary N) is 1. The summed E-state index contributed by atoms with van der Waals surface area (Å²) in [6, 6.07) is 6.78. The van der Waals surface area contributed by atoms with Gasteiger partial charge in [-0.1, -0.05) is 0 Å². The molecular formula is C14H16N2O3. The average molecular weight is 260 g/mol. The Morgan fingerprint density at radius 3 is 2.68 bits per heavy atom. The van der Waals surface area contributed by atoms with Gasteiger partial charge in [-0.3, -0.25) is 9.59 Å². The number of likely N-dealkylation sites (N-methyl/N-ethyl adjacent to an activating group) is 1. The van der Waals surface area contributed by atoms with E-state index in [4.69, 9.17) is 4.74 Å². The lowest BCUT2D eigenvalue weighted by Crippen LogP contribution is -2.44. The Kier molecular flexibility index (Phi) is 3.85. The number of ketones is 1. The van der Waals surface area contributed by atoms with Crippen LogP contribution >= 0.6 is 0 Å². The molecule has 1 amide bonds. The minimum Gasteiger partial charge on any atom is -0.497 e. The molecule has 19 heavy (non-hydrogen) atoms. The zero-order valence-electron chi connectivity index (χ0n) is 11.0. The Bertz CT molecular complexity index is 520. The lowest BCUT2D eigenvalue weighted by atomic mass is 10.1. The van der Waals surface area contributed by atoms with E-state index in [9.17, 15) is 9.59 Å². The van der Waals surface area contributed by atoms with Crippen LogP contribution in [0.15, 0.2) is 36.0 Å². The number of hydrogen-bond donors (Lipinski definition) is 1. The molecule has 1 aliphatic heterocycles. The van der Waals surface area contributed by atoms with Gasteiger partial charge in [0.25, 0.3) is 5.91 Å². The van der Waals surface area contributed by atoms with Gasteiger partial charge in [0.05, 0.1) is 7.11 Å². The minimum absolute atomic E-state index is 0.159. The SMILES string of the molecule is COc1ccc(C(=O)/C=C2/NCCN(C)C2=O)cc1. The normalized spacial score (nSPS) is 17.3. The summed E-state index contributed by atoms with van der Waals surface area (Å²) in [5, 5.41) is 2.95. The second-order valence-corrected chi connectivity index (χ2v) is 4.30. The van der Waals surface area contributed by atoms with E-state index < -0.39 is 0 Å². The zero-order valence-corrected chi connectivity index (χ0v) is 11.0. The summed E-state index contributed by atoms with van der Waals surface area (Å²) in [5.74, 6) is 0.331. The standard InChI is InChI=1S/C14H16N2O3/c1-16-8-7-15-12(14(16)18)9-13(17)10-3-5-11(19-2)6-4-10/h3-6,9,15H,7-8H2,1-2H3/b12-9+. The van der Waals surface area contributed by atoms with Crippen molar-refractivity contribution in [1.29, 1.82) is 0 Å². The summed E-state index contributed by atoms with van der Waals surface area (Å²) < 4.78 is 5.03. The molecule has 1 saturated heterocycles. The van der Waals surface area contributed by atoms with Crippen LogP contribution in [0.2, 0.25) is 0 Å². The van der Waals surface area contributed by atoms with E-state index in [1.807, 2.05) is 0 Å². The minimum atomic E-state index is -0.200. The Morgan fingerprint density at radius 2 is 2.05 bits per heavy atom. The fourth-order valence-corrected chi connectivity index (χ4v) is 1.82. The number of amides is 1. The third-order valence-corrected chi connectivity index (χ3v) is 2.99. The maximum atomic E-state index is 12.0. The molecular weight excluding hydrogens is 244 g/mol. The summed E-state index contributed by atoms with van der Waals surface area (Å²) in [6.07, 6.45) is 1.35. The Hall–Kier alpha value is -2.30. The highest BCUT2D eigenvalue weighted by molar-refractivity contribution is 6.09. The molecule has 5 heteroatoms. The Balaban J connectivity index is 2.17. The van der Waals surface area contributed by atoms with Gasteiger partial charge in [0.2, 0.25) is 0 Å². The first-order valence-electron chi connectivity index (χ1n) is 6.01. The van der Waals surface area contributed by atoms with Crippen LogP contribution in [0.4, 0.5) is 0 Å². The molecule has 0 bridgehead atoms. The van der Waals surface area contributed by atoms with E-state index in [1.165, 1.54) is 6.08 Å². The molecule has 100 valence electrons. The van der Waals surface area contributed by atoms with Crippen molar-refractivity contribution >= 4 is 11.7 Å². The molecule has 1 N–H and O–H groups in total. The predicted octanol–water partition coefficient (Wildman–Crippen LogP) is 0.823. The van der Waals surface area contributed by atoms with Crippen LogP contribution < -0.4 is 10.1 Å². The number of ether oxygens (including phenoxy) is 1. The lowest BCUT2D eigenvalue weighted by molar-refractivity contribution is -0.127. The first-order valence-corrected chi connectivity index (χ1v) is 6.01. The van der Waals surface area contributed by atoms with Gasteiger partial charge in [0, 0.05) is 31.8 Å². The van der Waals surface area contributed by atoms with Gasteiger partial charge in [-0.15, -0.1) is 0 Å². The summed E-state index contributed by atoms with van der Waals surface area (Å²) >= 11 is 0. The molecule has 0 atom stereocenters. The van der Waals surface area contributed by atoms with Crippen LogP contribution in [-0.2, 0) is 4.79 Å². The van der Waals surface area contributed by atoms with E-state index in [2.05, 4.69) is 5.32 Å². The van der Waals surface area contributed by atoms with Crippen LogP contribution in [0.5, 0.6) is 5.75 Å². The van der Waals surface area contributed by atoms with E-state index in [0.29, 0.717) is 30.1 Å². The van der Waals surface area contributed by atoms with Crippen molar-refractivity contribution in [2.75, 3.05) is 27.2 Å². The molecule has 0 saturated carbocycles. The van der Waals surface area contributed by atoms with Crippen molar-refractivity contribution < 1.29 is 14.3 Å². The van der Waals surface area contributed by atoms with Gasteiger partial charge in [0.15, 0.2) is 5.78 Å². The molecule has 0 aliphatic carbocycles. The largest absolute Gasteiger partial charge is 0.497 e. The summed E-state index contributed by atoms with van der Waals surface area (Å²) in [6.45, 7) is 1.30. The molecule has 0 radical (unpaired) electrons. The van der Waals surface area contributed by atoms with Crippen molar-refractivity contribution in [3.05, 3.63) is 41.6 Å². The summed E-state index contributed by atoms with van der Waals surface area (Å²) in [4.78, 5) is 25.4. The number of benzene rings is 1. The van der Waals surface area contributed by atoms with Gasteiger partial charge >= 0.3 is 0 Å². The number of piperazine rings is 1.